The number of fused-ring (bicyclic) bond motifs is 1. The molecule has 1 aliphatic heterocycles. The van der Waals surface area contributed by atoms with Gasteiger partial charge in [0.2, 0.25) is 5.91 Å². The summed E-state index contributed by atoms with van der Waals surface area (Å²) in [5.74, 6) is 0.647. The predicted molar refractivity (Wildman–Crippen MR) is 106 cm³/mol. The van der Waals surface area contributed by atoms with Gasteiger partial charge in [0.15, 0.2) is 9.84 Å². The van der Waals surface area contributed by atoms with E-state index in [4.69, 9.17) is 0 Å². The minimum atomic E-state index is -3.03. The van der Waals surface area contributed by atoms with Crippen molar-refractivity contribution in [2.45, 2.75) is 25.8 Å². The van der Waals surface area contributed by atoms with Crippen molar-refractivity contribution in [2.24, 2.45) is 0 Å². The molecule has 0 unspecified atom stereocenters. The third kappa shape index (κ3) is 3.73. The van der Waals surface area contributed by atoms with E-state index in [1.54, 1.807) is 10.7 Å². The van der Waals surface area contributed by atoms with Crippen LogP contribution in [0.5, 0.6) is 0 Å². The molecule has 0 spiro atoms. The number of amides is 1. The summed E-state index contributed by atoms with van der Waals surface area (Å²) >= 11 is 0. The molecule has 6 nitrogen and oxygen atoms in total. The highest BCUT2D eigenvalue weighted by atomic mass is 32.2. The van der Waals surface area contributed by atoms with E-state index < -0.39 is 9.84 Å². The molecule has 2 aromatic carbocycles. The summed E-state index contributed by atoms with van der Waals surface area (Å²) in [6.07, 6.45) is 0.768. The predicted octanol–water partition coefficient (Wildman–Crippen LogP) is 2.89. The van der Waals surface area contributed by atoms with Gasteiger partial charge in [-0.1, -0.05) is 42.5 Å². The molecule has 0 aliphatic carbocycles. The Labute approximate surface area is 158 Å². The molecule has 1 saturated heterocycles. The second-order valence-corrected chi connectivity index (χ2v) is 9.26. The number of carbonyl (C=O) groups is 1. The molecule has 1 atom stereocenters. The van der Waals surface area contributed by atoms with E-state index in [2.05, 4.69) is 10.4 Å². The fraction of sp³-hybridized carbons (Fsp3) is 0.300. The second-order valence-electron chi connectivity index (χ2n) is 7.04. The van der Waals surface area contributed by atoms with Crippen molar-refractivity contribution in [3.05, 3.63) is 59.8 Å². The monoisotopic (exact) mass is 383 g/mol. The van der Waals surface area contributed by atoms with Crippen molar-refractivity contribution in [1.29, 1.82) is 0 Å². The lowest BCUT2D eigenvalue weighted by atomic mass is 10.0. The van der Waals surface area contributed by atoms with Crippen molar-refractivity contribution in [1.82, 2.24) is 9.78 Å². The fourth-order valence-electron chi connectivity index (χ4n) is 3.66. The Bertz CT molecular complexity index is 1110. The normalized spacial score (nSPS) is 18.6. The van der Waals surface area contributed by atoms with Crippen LogP contribution in [-0.2, 0) is 21.1 Å². The van der Waals surface area contributed by atoms with Crippen LogP contribution in [-0.4, -0.2) is 35.6 Å². The first-order valence-corrected chi connectivity index (χ1v) is 10.8. The number of carbonyl (C=O) groups excluding carboxylic acids is 1. The van der Waals surface area contributed by atoms with Crippen molar-refractivity contribution in [3.8, 4) is 0 Å². The largest absolute Gasteiger partial charge is 0.311 e. The fourth-order valence-corrected chi connectivity index (χ4v) is 5.36. The molecule has 27 heavy (non-hydrogen) atoms. The molecule has 1 fully saturated rings. The van der Waals surface area contributed by atoms with E-state index in [1.165, 1.54) is 0 Å². The number of aryl methyl sites for hydroxylation is 1. The van der Waals surface area contributed by atoms with E-state index >= 15 is 0 Å². The highest BCUT2D eigenvalue weighted by molar-refractivity contribution is 7.91. The van der Waals surface area contributed by atoms with Gasteiger partial charge in [-0.3, -0.25) is 4.79 Å². The highest BCUT2D eigenvalue weighted by Gasteiger charge is 2.31. The van der Waals surface area contributed by atoms with Crippen LogP contribution in [0.1, 0.15) is 23.7 Å². The molecule has 3 aromatic rings. The number of anilines is 1. The van der Waals surface area contributed by atoms with E-state index in [0.717, 1.165) is 22.0 Å². The molecule has 0 saturated carbocycles. The van der Waals surface area contributed by atoms with Crippen molar-refractivity contribution in [3.63, 3.8) is 0 Å². The summed E-state index contributed by atoms with van der Waals surface area (Å²) in [5.41, 5.74) is 1.71. The maximum atomic E-state index is 12.7. The Kier molecular flexibility index (Phi) is 4.47. The lowest BCUT2D eigenvalue weighted by molar-refractivity contribution is -0.115. The summed E-state index contributed by atoms with van der Waals surface area (Å²) in [6.45, 7) is 1.83. The number of hydrogen-bond donors (Lipinski definition) is 1. The average Bonchev–Trinajstić information content (AvgIpc) is 3.17. The van der Waals surface area contributed by atoms with Crippen molar-refractivity contribution >= 4 is 32.3 Å². The molecule has 2 heterocycles. The Hall–Kier alpha value is -2.67. The summed E-state index contributed by atoms with van der Waals surface area (Å²) in [5, 5.41) is 9.48. The first kappa shape index (κ1) is 17.7. The quantitative estimate of drug-likeness (QED) is 0.751. The van der Waals surface area contributed by atoms with Crippen LogP contribution < -0.4 is 5.32 Å². The van der Waals surface area contributed by atoms with Gasteiger partial charge in [0.25, 0.3) is 0 Å². The zero-order valence-electron chi connectivity index (χ0n) is 15.1. The minimum Gasteiger partial charge on any atom is -0.311 e. The van der Waals surface area contributed by atoms with Gasteiger partial charge in [-0.05, 0) is 29.7 Å². The summed E-state index contributed by atoms with van der Waals surface area (Å²) in [4.78, 5) is 12.7. The molecule has 0 radical (unpaired) electrons. The summed E-state index contributed by atoms with van der Waals surface area (Å²) in [6, 6.07) is 15.5. The van der Waals surface area contributed by atoms with Gasteiger partial charge in [-0.25, -0.2) is 13.1 Å². The zero-order chi connectivity index (χ0) is 19.0. The van der Waals surface area contributed by atoms with Gasteiger partial charge in [0.05, 0.1) is 29.7 Å². The van der Waals surface area contributed by atoms with Crippen LogP contribution in [0.15, 0.2) is 48.5 Å². The van der Waals surface area contributed by atoms with E-state index in [-0.39, 0.29) is 29.9 Å². The van der Waals surface area contributed by atoms with Gasteiger partial charge in [-0.2, -0.15) is 5.10 Å². The summed E-state index contributed by atoms with van der Waals surface area (Å²) < 4.78 is 25.2. The number of rotatable bonds is 4. The molecule has 1 N–H and O–H groups in total. The van der Waals surface area contributed by atoms with Crippen LogP contribution in [0.2, 0.25) is 0 Å². The Balaban J connectivity index is 1.55. The molecule has 140 valence electrons. The molecule has 1 aliphatic rings. The first-order valence-electron chi connectivity index (χ1n) is 8.94. The number of sulfone groups is 1. The van der Waals surface area contributed by atoms with Gasteiger partial charge in [-0.15, -0.1) is 0 Å². The maximum Gasteiger partial charge on any atom is 0.229 e. The smallest absolute Gasteiger partial charge is 0.229 e. The number of hydrogen-bond acceptors (Lipinski definition) is 4. The molecule has 4 rings (SSSR count). The van der Waals surface area contributed by atoms with Crippen LogP contribution in [0.25, 0.3) is 10.8 Å². The highest BCUT2D eigenvalue weighted by Crippen LogP contribution is 2.27. The zero-order valence-corrected chi connectivity index (χ0v) is 15.9. The molecule has 7 heteroatoms. The molecular weight excluding hydrogens is 362 g/mol. The SMILES string of the molecule is Cc1cc(NC(=O)Cc2cccc3ccccc23)n([C@@H]2CCS(=O)(=O)C2)n1. The van der Waals surface area contributed by atoms with Gasteiger partial charge in [0.1, 0.15) is 5.82 Å². The van der Waals surface area contributed by atoms with Gasteiger partial charge >= 0.3 is 0 Å². The molecular formula is C20H21N3O3S. The Morgan fingerprint density at radius 1 is 1.22 bits per heavy atom. The minimum absolute atomic E-state index is 0.0698. The second kappa shape index (κ2) is 6.81. The van der Waals surface area contributed by atoms with E-state index in [9.17, 15) is 13.2 Å². The number of nitrogens with zero attached hydrogens (tertiary/aromatic N) is 2. The third-order valence-corrected chi connectivity index (χ3v) is 6.66. The number of benzene rings is 2. The topological polar surface area (TPSA) is 81.1 Å². The Morgan fingerprint density at radius 3 is 2.78 bits per heavy atom. The number of aromatic nitrogens is 2. The molecule has 1 aromatic heterocycles. The molecule has 1 amide bonds. The average molecular weight is 383 g/mol. The summed E-state index contributed by atoms with van der Waals surface area (Å²) in [7, 11) is -3.03. The van der Waals surface area contributed by atoms with E-state index in [0.29, 0.717) is 12.2 Å². The van der Waals surface area contributed by atoms with Crippen molar-refractivity contribution < 1.29 is 13.2 Å². The number of nitrogens with one attached hydrogen (secondary N) is 1. The maximum absolute atomic E-state index is 12.7. The molecule has 0 bridgehead atoms. The standard InChI is InChI=1S/C20H21N3O3S/c1-14-11-19(23(22-14)17-9-10-27(25,26)13-17)21-20(24)12-16-7-4-6-15-5-2-3-8-18(15)16/h2-8,11,17H,9-10,12-13H2,1H3,(H,21,24)/t17-/m1/s1. The van der Waals surface area contributed by atoms with Crippen LogP contribution in [0, 0.1) is 6.92 Å². The van der Waals surface area contributed by atoms with Gasteiger partial charge < -0.3 is 5.32 Å². The lowest BCUT2D eigenvalue weighted by Gasteiger charge is -2.14. The van der Waals surface area contributed by atoms with Crippen molar-refractivity contribution in [2.75, 3.05) is 16.8 Å². The van der Waals surface area contributed by atoms with Crippen LogP contribution in [0.4, 0.5) is 5.82 Å². The first-order chi connectivity index (χ1) is 12.9. The lowest BCUT2D eigenvalue weighted by Crippen LogP contribution is -2.20. The van der Waals surface area contributed by atoms with E-state index in [1.807, 2.05) is 49.4 Å². The third-order valence-electron chi connectivity index (χ3n) is 4.91. The van der Waals surface area contributed by atoms with Crippen LogP contribution >= 0.6 is 0 Å². The van der Waals surface area contributed by atoms with Crippen LogP contribution in [0.3, 0.4) is 0 Å². The Morgan fingerprint density at radius 2 is 2.00 bits per heavy atom. The van der Waals surface area contributed by atoms with Gasteiger partial charge in [0, 0.05) is 6.07 Å².